The average molecular weight is 357 g/mol. The van der Waals surface area contributed by atoms with Crippen LogP contribution in [-0.4, -0.2) is 40.5 Å². The zero-order valence-electron chi connectivity index (χ0n) is 13.7. The molecule has 22 heavy (non-hydrogen) atoms. The third kappa shape index (κ3) is 3.57. The van der Waals surface area contributed by atoms with Crippen molar-refractivity contribution in [2.24, 2.45) is 0 Å². The monoisotopic (exact) mass is 357 g/mol. The first-order chi connectivity index (χ1) is 10.6. The van der Waals surface area contributed by atoms with Crippen molar-refractivity contribution in [3.63, 3.8) is 0 Å². The molecule has 1 heterocycles. The third-order valence-electron chi connectivity index (χ3n) is 3.65. The second kappa shape index (κ2) is 7.93. The smallest absolute Gasteiger partial charge is 0.276 e. The number of aromatic nitrogens is 1. The van der Waals surface area contributed by atoms with Gasteiger partial charge in [-0.15, -0.1) is 11.3 Å². The lowest BCUT2D eigenvalue weighted by Gasteiger charge is -2.36. The zero-order valence-corrected chi connectivity index (χ0v) is 16.2. The van der Waals surface area contributed by atoms with Gasteiger partial charge in [0.25, 0.3) is 6.65 Å². The van der Waals surface area contributed by atoms with E-state index < -0.39 is 6.65 Å². The molecule has 0 atom stereocenters. The van der Waals surface area contributed by atoms with E-state index in [0.717, 1.165) is 40.7 Å². The minimum atomic E-state index is -2.69. The first-order valence-corrected chi connectivity index (χ1v) is 11.6. The molecule has 0 fully saturated rings. The summed E-state index contributed by atoms with van der Waals surface area (Å²) in [4.78, 5) is 4.66. The van der Waals surface area contributed by atoms with Crippen LogP contribution in [0.1, 0.15) is 27.7 Å². The molecule has 0 amide bonds. The zero-order chi connectivity index (χ0) is 16.2. The Kier molecular flexibility index (Phi) is 6.47. The lowest BCUT2D eigenvalue weighted by Crippen LogP contribution is -2.30. The molecule has 122 valence electrons. The molecule has 2 rings (SSSR count). The molecule has 0 aliphatic rings. The first-order valence-electron chi connectivity index (χ1n) is 7.75. The number of benzene rings is 1. The van der Waals surface area contributed by atoms with Crippen molar-refractivity contribution in [1.29, 1.82) is 0 Å². The van der Waals surface area contributed by atoms with Crippen molar-refractivity contribution in [1.82, 2.24) is 14.3 Å². The van der Waals surface area contributed by atoms with Crippen molar-refractivity contribution in [2.75, 3.05) is 26.2 Å². The molecule has 0 unspecified atom stereocenters. The Labute approximate surface area is 141 Å². The summed E-state index contributed by atoms with van der Waals surface area (Å²) < 4.78 is 20.0. The molecule has 0 spiro atoms. The summed E-state index contributed by atoms with van der Waals surface area (Å²) >= 11 is 3.07. The van der Waals surface area contributed by atoms with Crippen molar-refractivity contribution >= 4 is 39.6 Å². The highest BCUT2D eigenvalue weighted by atomic mass is 32.7. The number of fused-ring (bicyclic) bond motifs is 1. The van der Waals surface area contributed by atoms with E-state index in [9.17, 15) is 4.57 Å². The second-order valence-electron chi connectivity index (χ2n) is 4.81. The molecule has 7 heteroatoms. The second-order valence-corrected chi connectivity index (χ2v) is 10.8. The van der Waals surface area contributed by atoms with E-state index in [-0.39, 0.29) is 0 Å². The lowest BCUT2D eigenvalue weighted by atomic mass is 10.3. The van der Waals surface area contributed by atoms with Crippen LogP contribution in [0.4, 0.5) is 0 Å². The Morgan fingerprint density at radius 1 is 1.05 bits per heavy atom. The molecule has 0 aliphatic heterocycles. The van der Waals surface area contributed by atoms with E-state index in [4.69, 9.17) is 0 Å². The van der Waals surface area contributed by atoms with Crippen LogP contribution in [0.25, 0.3) is 10.2 Å². The Morgan fingerprint density at radius 3 is 2.09 bits per heavy atom. The number of nitrogens with zero attached hydrogens (tertiary/aromatic N) is 3. The first kappa shape index (κ1) is 18.0. The topological polar surface area (TPSA) is 36.4 Å². The molecule has 1 aromatic carbocycles. The fraction of sp³-hybridized carbons (Fsp3) is 0.533. The fourth-order valence-corrected chi connectivity index (χ4v) is 9.95. The van der Waals surface area contributed by atoms with Crippen LogP contribution >= 0.6 is 29.4 Å². The summed E-state index contributed by atoms with van der Waals surface area (Å²) in [6.45, 7) is 8.71. The highest BCUT2D eigenvalue weighted by Crippen LogP contribution is 2.67. The van der Waals surface area contributed by atoms with Gasteiger partial charge in [0.2, 0.25) is 0 Å². The van der Waals surface area contributed by atoms with Crippen molar-refractivity contribution < 1.29 is 4.57 Å². The summed E-state index contributed by atoms with van der Waals surface area (Å²) in [7, 11) is 0. The van der Waals surface area contributed by atoms with Gasteiger partial charge in [0.15, 0.2) is 4.34 Å². The molecule has 0 aliphatic carbocycles. The number of para-hydroxylation sites is 1. The van der Waals surface area contributed by atoms with Crippen molar-refractivity contribution in [2.45, 2.75) is 32.0 Å². The van der Waals surface area contributed by atoms with Crippen molar-refractivity contribution in [3.05, 3.63) is 24.3 Å². The minimum absolute atomic E-state index is 0.780. The Hall–Kier alpha value is -0.390. The number of hydrogen-bond donors (Lipinski definition) is 0. The normalized spacial score (nSPS) is 12.6. The van der Waals surface area contributed by atoms with Gasteiger partial charge in [-0.1, -0.05) is 39.8 Å². The SMILES string of the molecule is CCN(CC)P(=O)(Sc1nc2ccccc2s1)N(CC)CC. The minimum Gasteiger partial charge on any atom is -0.276 e. The quantitative estimate of drug-likeness (QED) is 0.608. The summed E-state index contributed by atoms with van der Waals surface area (Å²) in [6.07, 6.45) is 0. The predicted octanol–water partition coefficient (Wildman–Crippen LogP) is 5.18. The van der Waals surface area contributed by atoms with Crippen LogP contribution in [0.3, 0.4) is 0 Å². The average Bonchev–Trinajstić information content (AvgIpc) is 2.91. The lowest BCUT2D eigenvalue weighted by molar-refractivity contribution is 0.375. The van der Waals surface area contributed by atoms with E-state index in [1.54, 1.807) is 11.3 Å². The molecule has 0 saturated carbocycles. The molecule has 0 saturated heterocycles. The van der Waals surface area contributed by atoms with Gasteiger partial charge < -0.3 is 0 Å². The molecule has 0 bridgehead atoms. The largest absolute Gasteiger partial charge is 0.278 e. The van der Waals surface area contributed by atoms with Gasteiger partial charge in [-0.3, -0.25) is 4.57 Å². The maximum absolute atomic E-state index is 13.8. The van der Waals surface area contributed by atoms with Gasteiger partial charge in [0, 0.05) is 37.6 Å². The Balaban J connectivity index is 2.38. The molecular formula is C15H24N3OPS2. The highest BCUT2D eigenvalue weighted by molar-refractivity contribution is 8.57. The van der Waals surface area contributed by atoms with E-state index in [0.29, 0.717) is 0 Å². The van der Waals surface area contributed by atoms with Crippen LogP contribution in [0.5, 0.6) is 0 Å². The summed E-state index contributed by atoms with van der Waals surface area (Å²) in [5.74, 6) is 0. The third-order valence-corrected chi connectivity index (χ3v) is 11.0. The van der Waals surface area contributed by atoms with Crippen molar-refractivity contribution in [3.8, 4) is 0 Å². The van der Waals surface area contributed by atoms with Gasteiger partial charge in [0.05, 0.1) is 10.2 Å². The molecule has 4 nitrogen and oxygen atoms in total. The Morgan fingerprint density at radius 2 is 1.59 bits per heavy atom. The van der Waals surface area contributed by atoms with Crippen LogP contribution in [0.15, 0.2) is 28.6 Å². The van der Waals surface area contributed by atoms with E-state index in [1.807, 2.05) is 18.2 Å². The van der Waals surface area contributed by atoms with E-state index in [2.05, 4.69) is 48.1 Å². The van der Waals surface area contributed by atoms with Gasteiger partial charge in [-0.2, -0.15) is 0 Å². The molecule has 2 aromatic rings. The number of hydrogen-bond acceptors (Lipinski definition) is 4. The number of thiazole rings is 1. The predicted molar refractivity (Wildman–Crippen MR) is 98.9 cm³/mol. The van der Waals surface area contributed by atoms with Crippen LogP contribution in [0, 0.1) is 0 Å². The maximum atomic E-state index is 13.8. The molecule has 1 aromatic heterocycles. The molecule has 0 N–H and O–H groups in total. The van der Waals surface area contributed by atoms with Crippen LogP contribution < -0.4 is 0 Å². The van der Waals surface area contributed by atoms with Gasteiger partial charge >= 0.3 is 0 Å². The fourth-order valence-electron chi connectivity index (χ4n) is 2.45. The summed E-state index contributed by atoms with van der Waals surface area (Å²) in [5.41, 5.74) is 0.987. The maximum Gasteiger partial charge on any atom is 0.278 e. The summed E-state index contributed by atoms with van der Waals surface area (Å²) in [6, 6.07) is 8.08. The van der Waals surface area contributed by atoms with Crippen LogP contribution in [0.2, 0.25) is 0 Å². The standard InChI is InChI=1S/C15H24N3OPS2/c1-5-17(6-2)20(19,18(7-3)8-4)22-15-16-13-11-9-10-12-14(13)21-15/h9-12H,5-8H2,1-4H3. The van der Waals surface area contributed by atoms with Crippen LogP contribution in [-0.2, 0) is 4.57 Å². The highest BCUT2D eigenvalue weighted by Gasteiger charge is 2.36. The molecule has 0 radical (unpaired) electrons. The Bertz CT molecular complexity index is 604. The summed E-state index contributed by atoms with van der Waals surface area (Å²) in [5, 5.41) is 0. The number of rotatable bonds is 8. The van der Waals surface area contributed by atoms with Gasteiger partial charge in [-0.25, -0.2) is 14.3 Å². The molecular weight excluding hydrogens is 333 g/mol. The van der Waals surface area contributed by atoms with Gasteiger partial charge in [-0.05, 0) is 12.1 Å². The van der Waals surface area contributed by atoms with E-state index >= 15 is 0 Å². The van der Waals surface area contributed by atoms with Gasteiger partial charge in [0.1, 0.15) is 0 Å². The van der Waals surface area contributed by atoms with E-state index in [1.165, 1.54) is 11.4 Å².